The molecule has 0 saturated carbocycles. The number of anilines is 1. The largest absolute Gasteiger partial charge is 0.490 e. The van der Waals surface area contributed by atoms with Crippen molar-refractivity contribution >= 4 is 35.2 Å². The Balaban J connectivity index is 1.42. The van der Waals surface area contributed by atoms with Gasteiger partial charge in [0.1, 0.15) is 30.3 Å². The number of amides is 2. The van der Waals surface area contributed by atoms with E-state index in [1.165, 1.54) is 16.6 Å². The van der Waals surface area contributed by atoms with Crippen molar-refractivity contribution in [3.63, 3.8) is 0 Å². The monoisotopic (exact) mass is 490 g/mol. The summed E-state index contributed by atoms with van der Waals surface area (Å²) in [5.74, 6) is 0.841. The first-order valence-corrected chi connectivity index (χ1v) is 11.9. The zero-order chi connectivity index (χ0) is 24.8. The predicted molar refractivity (Wildman–Crippen MR) is 138 cm³/mol. The van der Waals surface area contributed by atoms with Gasteiger partial charge in [0.25, 0.3) is 11.8 Å². The van der Waals surface area contributed by atoms with Crippen LogP contribution in [0.15, 0.2) is 78.4 Å². The van der Waals surface area contributed by atoms with Crippen molar-refractivity contribution < 1.29 is 19.1 Å². The van der Waals surface area contributed by atoms with Gasteiger partial charge >= 0.3 is 0 Å². The molecule has 1 unspecified atom stereocenters. The third-order valence-corrected chi connectivity index (χ3v) is 6.08. The molecule has 7 heteroatoms. The van der Waals surface area contributed by atoms with E-state index < -0.39 is 11.8 Å². The van der Waals surface area contributed by atoms with Crippen molar-refractivity contribution in [2.75, 3.05) is 18.2 Å². The number of carbonyl (C=O) groups is 2. The number of nitrogens with zero attached hydrogens (tertiary/aromatic N) is 1. The Morgan fingerprint density at radius 2 is 1.69 bits per heavy atom. The lowest BCUT2D eigenvalue weighted by atomic mass is 9.99. The van der Waals surface area contributed by atoms with E-state index in [9.17, 15) is 9.59 Å². The van der Waals surface area contributed by atoms with Crippen LogP contribution in [0.25, 0.3) is 6.08 Å². The van der Waals surface area contributed by atoms with Crippen molar-refractivity contribution in [1.82, 2.24) is 5.43 Å². The van der Waals surface area contributed by atoms with Crippen LogP contribution in [0.1, 0.15) is 37.3 Å². The Hall–Kier alpha value is -3.77. The normalized spacial score (nSPS) is 15.3. The number of hydrazine groups is 1. The standard InChI is InChI=1S/C28H27ClN2O4/c1-3-19(2)20-9-12-24(13-10-20)34-15-16-35-26-14-11-22(29)17-21(26)18-25-27(32)30-31(28(25)33)23-7-5-4-6-8-23/h4-14,17-19H,3,15-16H2,1-2H3,(H,30,32). The summed E-state index contributed by atoms with van der Waals surface area (Å²) in [5.41, 5.74) is 4.98. The van der Waals surface area contributed by atoms with E-state index in [-0.39, 0.29) is 12.2 Å². The van der Waals surface area contributed by atoms with Gasteiger partial charge in [0.2, 0.25) is 0 Å². The van der Waals surface area contributed by atoms with Gasteiger partial charge in [-0.3, -0.25) is 15.0 Å². The van der Waals surface area contributed by atoms with Crippen molar-refractivity contribution in [2.45, 2.75) is 26.2 Å². The fourth-order valence-electron chi connectivity index (χ4n) is 3.67. The van der Waals surface area contributed by atoms with Gasteiger partial charge in [0, 0.05) is 10.6 Å². The van der Waals surface area contributed by atoms with Crippen LogP contribution >= 0.6 is 11.6 Å². The molecule has 6 nitrogen and oxygen atoms in total. The number of hydrogen-bond acceptors (Lipinski definition) is 4. The van der Waals surface area contributed by atoms with E-state index in [1.807, 2.05) is 18.2 Å². The topological polar surface area (TPSA) is 67.9 Å². The van der Waals surface area contributed by atoms with Crippen molar-refractivity contribution in [1.29, 1.82) is 0 Å². The van der Waals surface area contributed by atoms with E-state index in [1.54, 1.807) is 42.5 Å². The molecule has 0 radical (unpaired) electrons. The van der Waals surface area contributed by atoms with Gasteiger partial charge in [-0.15, -0.1) is 0 Å². The quantitative estimate of drug-likeness (QED) is 0.235. The van der Waals surface area contributed by atoms with Gasteiger partial charge in [-0.2, -0.15) is 0 Å². The first kappa shape index (κ1) is 24.4. The van der Waals surface area contributed by atoms with Crippen LogP contribution in [0, 0.1) is 0 Å². The first-order valence-electron chi connectivity index (χ1n) is 11.5. The van der Waals surface area contributed by atoms with E-state index in [2.05, 4.69) is 31.4 Å². The summed E-state index contributed by atoms with van der Waals surface area (Å²) in [6.45, 7) is 4.98. The maximum absolute atomic E-state index is 12.9. The Kier molecular flexibility index (Phi) is 7.73. The molecule has 1 N–H and O–H groups in total. The maximum Gasteiger partial charge on any atom is 0.282 e. The second kappa shape index (κ2) is 11.1. The van der Waals surface area contributed by atoms with E-state index in [4.69, 9.17) is 21.1 Å². The summed E-state index contributed by atoms with van der Waals surface area (Å²) in [7, 11) is 0. The lowest BCUT2D eigenvalue weighted by molar-refractivity contribution is -0.117. The number of halogens is 1. The van der Waals surface area contributed by atoms with Crippen LogP contribution < -0.4 is 19.9 Å². The van der Waals surface area contributed by atoms with Gasteiger partial charge in [-0.05, 0) is 66.4 Å². The molecular formula is C28H27ClN2O4. The maximum atomic E-state index is 12.9. The fourth-order valence-corrected chi connectivity index (χ4v) is 3.86. The van der Waals surface area contributed by atoms with Crippen LogP contribution in [0.4, 0.5) is 5.69 Å². The highest BCUT2D eigenvalue weighted by Gasteiger charge is 2.34. The summed E-state index contributed by atoms with van der Waals surface area (Å²) in [6, 6.07) is 22.1. The molecule has 3 aromatic rings. The molecule has 1 atom stereocenters. The Morgan fingerprint density at radius 1 is 0.971 bits per heavy atom. The molecule has 1 aliphatic heterocycles. The zero-order valence-corrected chi connectivity index (χ0v) is 20.4. The molecule has 0 aliphatic carbocycles. The summed E-state index contributed by atoms with van der Waals surface area (Å²) in [4.78, 5) is 25.4. The minimum absolute atomic E-state index is 0.00128. The van der Waals surface area contributed by atoms with Gasteiger partial charge in [-0.25, -0.2) is 5.01 Å². The number of ether oxygens (including phenoxy) is 2. The molecule has 3 aromatic carbocycles. The van der Waals surface area contributed by atoms with Crippen molar-refractivity contribution in [3.05, 3.63) is 94.5 Å². The highest BCUT2D eigenvalue weighted by atomic mass is 35.5. The highest BCUT2D eigenvalue weighted by molar-refractivity contribution is 6.32. The number of rotatable bonds is 9. The second-order valence-electron chi connectivity index (χ2n) is 8.23. The first-order chi connectivity index (χ1) is 17.0. The Bertz CT molecular complexity index is 1230. The number of nitrogens with one attached hydrogen (secondary N) is 1. The Labute approximate surface area is 210 Å². The van der Waals surface area contributed by atoms with E-state index in [0.29, 0.717) is 34.5 Å². The summed E-state index contributed by atoms with van der Waals surface area (Å²) in [5, 5.41) is 1.69. The van der Waals surface area contributed by atoms with Gasteiger partial charge < -0.3 is 9.47 Å². The van der Waals surface area contributed by atoms with Crippen LogP contribution in [0.5, 0.6) is 11.5 Å². The van der Waals surface area contributed by atoms with Gasteiger partial charge in [0.15, 0.2) is 0 Å². The van der Waals surface area contributed by atoms with Crippen molar-refractivity contribution in [2.24, 2.45) is 0 Å². The average Bonchev–Trinajstić information content (AvgIpc) is 3.16. The summed E-state index contributed by atoms with van der Waals surface area (Å²) < 4.78 is 11.7. The molecule has 35 heavy (non-hydrogen) atoms. The molecule has 2 amide bonds. The van der Waals surface area contributed by atoms with Crippen LogP contribution in [-0.4, -0.2) is 25.0 Å². The zero-order valence-electron chi connectivity index (χ0n) is 19.7. The number of para-hydroxylation sites is 1. The summed E-state index contributed by atoms with van der Waals surface area (Å²) in [6.07, 6.45) is 2.58. The smallest absolute Gasteiger partial charge is 0.282 e. The third-order valence-electron chi connectivity index (χ3n) is 5.85. The minimum atomic E-state index is -0.492. The molecule has 1 aliphatic rings. The van der Waals surface area contributed by atoms with Crippen LogP contribution in [0.2, 0.25) is 5.02 Å². The number of carbonyl (C=O) groups excluding carboxylic acids is 2. The van der Waals surface area contributed by atoms with E-state index in [0.717, 1.165) is 12.2 Å². The molecule has 0 bridgehead atoms. The van der Waals surface area contributed by atoms with Crippen molar-refractivity contribution in [3.8, 4) is 11.5 Å². The van der Waals surface area contributed by atoms with Crippen LogP contribution in [0.3, 0.4) is 0 Å². The minimum Gasteiger partial charge on any atom is -0.490 e. The lowest BCUT2D eigenvalue weighted by Crippen LogP contribution is -2.35. The molecule has 180 valence electrons. The summed E-state index contributed by atoms with van der Waals surface area (Å²) >= 11 is 6.18. The molecule has 0 aromatic heterocycles. The molecule has 0 spiro atoms. The predicted octanol–water partition coefficient (Wildman–Crippen LogP) is 5.77. The molecule has 1 fully saturated rings. The second-order valence-corrected chi connectivity index (χ2v) is 8.67. The SMILES string of the molecule is CCC(C)c1ccc(OCCOc2ccc(Cl)cc2C=C2C(=O)NN(c3ccccc3)C2=O)cc1. The molecule has 1 heterocycles. The number of hydrogen-bond donors (Lipinski definition) is 1. The number of benzene rings is 3. The lowest BCUT2D eigenvalue weighted by Gasteiger charge is -2.14. The average molecular weight is 491 g/mol. The highest BCUT2D eigenvalue weighted by Crippen LogP contribution is 2.28. The van der Waals surface area contributed by atoms with Crippen LogP contribution in [-0.2, 0) is 9.59 Å². The molecule has 4 rings (SSSR count). The van der Waals surface area contributed by atoms with Gasteiger partial charge in [0.05, 0.1) is 5.69 Å². The third kappa shape index (κ3) is 5.84. The Morgan fingerprint density at radius 3 is 2.40 bits per heavy atom. The molecule has 1 saturated heterocycles. The molecular weight excluding hydrogens is 464 g/mol. The van der Waals surface area contributed by atoms with E-state index >= 15 is 0 Å². The fraction of sp³-hybridized carbons (Fsp3) is 0.214. The van der Waals surface area contributed by atoms with Gasteiger partial charge in [-0.1, -0.05) is 55.8 Å².